The van der Waals surface area contributed by atoms with E-state index in [-0.39, 0.29) is 29.3 Å². The molecule has 1 aliphatic heterocycles. The third-order valence-electron chi connectivity index (χ3n) is 5.88. The molecule has 1 aliphatic rings. The van der Waals surface area contributed by atoms with Gasteiger partial charge in [-0.25, -0.2) is 4.39 Å². The van der Waals surface area contributed by atoms with E-state index in [0.717, 1.165) is 5.56 Å². The van der Waals surface area contributed by atoms with Crippen LogP contribution in [0, 0.1) is 5.82 Å². The molecule has 1 unspecified atom stereocenters. The Balaban J connectivity index is 1.37. The molecule has 1 fully saturated rings. The van der Waals surface area contributed by atoms with Crippen molar-refractivity contribution in [3.8, 4) is 0 Å². The van der Waals surface area contributed by atoms with E-state index in [1.807, 2.05) is 35.7 Å². The molecular weight excluding hydrogens is 453 g/mol. The van der Waals surface area contributed by atoms with Crippen LogP contribution in [0.5, 0.6) is 0 Å². The first-order chi connectivity index (χ1) is 16.5. The fourth-order valence-corrected chi connectivity index (χ4v) is 4.66. The number of amides is 3. The number of nitrogens with one attached hydrogen (secondary N) is 2. The minimum atomic E-state index is -0.727. The number of hydrogen-bond donors (Lipinski definition) is 2. The van der Waals surface area contributed by atoms with Gasteiger partial charge < -0.3 is 15.5 Å². The summed E-state index contributed by atoms with van der Waals surface area (Å²) >= 11 is 1.32. The average Bonchev–Trinajstić information content (AvgIpc) is 3.40. The molecule has 1 atom stereocenters. The predicted molar refractivity (Wildman–Crippen MR) is 129 cm³/mol. The lowest BCUT2D eigenvalue weighted by Gasteiger charge is -2.33. The fraction of sp³-hybridized carbons (Fsp3) is 0.269. The lowest BCUT2D eigenvalue weighted by Crippen LogP contribution is -2.53. The highest BCUT2D eigenvalue weighted by molar-refractivity contribution is 7.12. The molecule has 2 N–H and O–H groups in total. The van der Waals surface area contributed by atoms with Crippen molar-refractivity contribution in [1.82, 2.24) is 15.5 Å². The number of carbonyl (C=O) groups excluding carboxylic acids is 3. The Bertz CT molecular complexity index is 1130. The van der Waals surface area contributed by atoms with Crippen molar-refractivity contribution in [3.05, 3.63) is 93.9 Å². The molecule has 3 amide bonds. The molecule has 1 aromatic heterocycles. The Labute approximate surface area is 201 Å². The largest absolute Gasteiger partial charge is 0.351 e. The van der Waals surface area contributed by atoms with E-state index < -0.39 is 11.9 Å². The van der Waals surface area contributed by atoms with Crippen molar-refractivity contribution in [2.24, 2.45) is 0 Å². The van der Waals surface area contributed by atoms with E-state index >= 15 is 0 Å². The first-order valence-electron chi connectivity index (χ1n) is 11.2. The van der Waals surface area contributed by atoms with E-state index in [9.17, 15) is 18.8 Å². The van der Waals surface area contributed by atoms with Crippen LogP contribution in [-0.2, 0) is 11.2 Å². The zero-order chi connectivity index (χ0) is 23.9. The van der Waals surface area contributed by atoms with Gasteiger partial charge in [0.25, 0.3) is 11.8 Å². The third-order valence-corrected chi connectivity index (χ3v) is 6.75. The second-order valence-electron chi connectivity index (χ2n) is 8.25. The van der Waals surface area contributed by atoms with Gasteiger partial charge in [0.15, 0.2) is 0 Å². The van der Waals surface area contributed by atoms with Crippen LogP contribution in [0.2, 0.25) is 0 Å². The summed E-state index contributed by atoms with van der Waals surface area (Å²) in [5.74, 6) is -1.41. The highest BCUT2D eigenvalue weighted by Crippen LogP contribution is 2.17. The molecule has 4 rings (SSSR count). The maximum absolute atomic E-state index is 14.0. The maximum atomic E-state index is 14.0. The Kier molecular flexibility index (Phi) is 7.69. The molecule has 0 saturated carbocycles. The topological polar surface area (TPSA) is 78.5 Å². The van der Waals surface area contributed by atoms with Crippen LogP contribution in [0.3, 0.4) is 0 Å². The molecule has 34 heavy (non-hydrogen) atoms. The second-order valence-corrected chi connectivity index (χ2v) is 9.20. The van der Waals surface area contributed by atoms with Crippen LogP contribution in [0.4, 0.5) is 4.39 Å². The second kappa shape index (κ2) is 11.1. The molecular formula is C26H26FN3O3S. The van der Waals surface area contributed by atoms with Crippen molar-refractivity contribution >= 4 is 29.1 Å². The molecule has 0 aliphatic carbocycles. The molecule has 6 nitrogen and oxygen atoms in total. The zero-order valence-electron chi connectivity index (χ0n) is 18.6. The number of nitrogens with zero attached hydrogens (tertiary/aromatic N) is 1. The number of likely N-dealkylation sites (tertiary alicyclic amines) is 1. The number of rotatable bonds is 7. The predicted octanol–water partition coefficient (Wildman–Crippen LogP) is 3.65. The Hall–Kier alpha value is -3.52. The van der Waals surface area contributed by atoms with Crippen LogP contribution < -0.4 is 10.6 Å². The van der Waals surface area contributed by atoms with Gasteiger partial charge in [-0.3, -0.25) is 14.4 Å². The van der Waals surface area contributed by atoms with Gasteiger partial charge in [-0.1, -0.05) is 48.5 Å². The monoisotopic (exact) mass is 479 g/mol. The van der Waals surface area contributed by atoms with Crippen LogP contribution in [0.25, 0.3) is 0 Å². The first kappa shape index (κ1) is 23.6. The summed E-state index contributed by atoms with van der Waals surface area (Å²) in [5.41, 5.74) is 1.00. The van der Waals surface area contributed by atoms with E-state index in [4.69, 9.17) is 0 Å². The molecule has 0 bridgehead atoms. The van der Waals surface area contributed by atoms with Crippen LogP contribution in [0.15, 0.2) is 72.1 Å². The van der Waals surface area contributed by atoms with E-state index in [1.54, 1.807) is 29.2 Å². The summed E-state index contributed by atoms with van der Waals surface area (Å²) in [5, 5.41) is 7.72. The standard InChI is InChI=1S/C26H26FN3O3S/c27-21-10-5-4-9-20(21)26(33)30-14-12-19(13-15-30)28-24(31)22(17-18-7-2-1-3-8-18)29-25(32)23-11-6-16-34-23/h1-11,16,19,22H,12-15,17H2,(H,28,31)(H,29,32). The van der Waals surface area contributed by atoms with Crippen molar-refractivity contribution in [2.45, 2.75) is 31.3 Å². The van der Waals surface area contributed by atoms with Crippen molar-refractivity contribution < 1.29 is 18.8 Å². The molecule has 0 radical (unpaired) electrons. The number of hydrogen-bond acceptors (Lipinski definition) is 4. The van der Waals surface area contributed by atoms with Gasteiger partial charge in [0, 0.05) is 25.6 Å². The highest BCUT2D eigenvalue weighted by Gasteiger charge is 2.29. The van der Waals surface area contributed by atoms with Crippen molar-refractivity contribution in [2.75, 3.05) is 13.1 Å². The van der Waals surface area contributed by atoms with Gasteiger partial charge in [-0.2, -0.15) is 0 Å². The lowest BCUT2D eigenvalue weighted by molar-refractivity contribution is -0.123. The summed E-state index contributed by atoms with van der Waals surface area (Å²) in [6.07, 6.45) is 1.49. The molecule has 1 saturated heterocycles. The normalized spacial score (nSPS) is 14.9. The maximum Gasteiger partial charge on any atom is 0.262 e. The number of benzene rings is 2. The molecule has 3 aromatic rings. The van der Waals surface area contributed by atoms with Crippen molar-refractivity contribution in [3.63, 3.8) is 0 Å². The number of halogens is 1. The Morgan fingerprint density at radius 1 is 0.971 bits per heavy atom. The Morgan fingerprint density at radius 3 is 2.35 bits per heavy atom. The minimum Gasteiger partial charge on any atom is -0.351 e. The summed E-state index contributed by atoms with van der Waals surface area (Å²) in [6, 6.07) is 18.1. The minimum absolute atomic E-state index is 0.0594. The van der Waals surface area contributed by atoms with Crippen molar-refractivity contribution in [1.29, 1.82) is 0 Å². The number of thiophene rings is 1. The third kappa shape index (κ3) is 5.88. The number of piperidine rings is 1. The summed E-state index contributed by atoms with van der Waals surface area (Å²) in [7, 11) is 0. The van der Waals surface area contributed by atoms with Gasteiger partial charge in [-0.15, -0.1) is 11.3 Å². The molecule has 0 spiro atoms. The van der Waals surface area contributed by atoms with Crippen LogP contribution >= 0.6 is 11.3 Å². The average molecular weight is 480 g/mol. The Morgan fingerprint density at radius 2 is 1.68 bits per heavy atom. The summed E-state index contributed by atoms with van der Waals surface area (Å²) in [4.78, 5) is 40.6. The van der Waals surface area contributed by atoms with E-state index in [0.29, 0.717) is 37.2 Å². The van der Waals surface area contributed by atoms with E-state index in [1.165, 1.54) is 23.5 Å². The SMILES string of the molecule is O=C(NC(Cc1ccccc1)C(=O)NC1CCN(C(=O)c2ccccc2F)CC1)c1cccs1. The van der Waals surface area contributed by atoms with Gasteiger partial charge in [0.05, 0.1) is 10.4 Å². The molecule has 176 valence electrons. The van der Waals surface area contributed by atoms with Gasteiger partial charge in [-0.05, 0) is 42.0 Å². The van der Waals surface area contributed by atoms with Crippen LogP contribution in [0.1, 0.15) is 38.4 Å². The van der Waals surface area contributed by atoms with Crippen LogP contribution in [-0.4, -0.2) is 47.8 Å². The smallest absolute Gasteiger partial charge is 0.262 e. The fourth-order valence-electron chi connectivity index (χ4n) is 4.03. The highest BCUT2D eigenvalue weighted by atomic mass is 32.1. The number of carbonyl (C=O) groups is 3. The molecule has 2 heterocycles. The first-order valence-corrected chi connectivity index (χ1v) is 12.1. The van der Waals surface area contributed by atoms with Gasteiger partial charge in [0.1, 0.15) is 11.9 Å². The van der Waals surface area contributed by atoms with Gasteiger partial charge >= 0.3 is 0 Å². The zero-order valence-corrected chi connectivity index (χ0v) is 19.4. The summed E-state index contributed by atoms with van der Waals surface area (Å²) < 4.78 is 14.0. The lowest BCUT2D eigenvalue weighted by atomic mass is 10.0. The summed E-state index contributed by atoms with van der Waals surface area (Å²) in [6.45, 7) is 0.839. The quantitative estimate of drug-likeness (QED) is 0.543. The molecule has 2 aromatic carbocycles. The van der Waals surface area contributed by atoms with E-state index in [2.05, 4.69) is 10.6 Å². The van der Waals surface area contributed by atoms with Gasteiger partial charge in [0.2, 0.25) is 5.91 Å². The molecule has 8 heteroatoms.